The van der Waals surface area contributed by atoms with E-state index in [4.69, 9.17) is 5.11 Å². The van der Waals surface area contributed by atoms with Gasteiger partial charge in [-0.25, -0.2) is 4.98 Å². The van der Waals surface area contributed by atoms with E-state index in [1.807, 2.05) is 6.92 Å². The molecule has 1 amide bonds. The first-order chi connectivity index (χ1) is 9.60. The lowest BCUT2D eigenvalue weighted by molar-refractivity contribution is -0.143. The summed E-state index contributed by atoms with van der Waals surface area (Å²) in [4.78, 5) is 27.1. The van der Waals surface area contributed by atoms with Crippen LogP contribution in [0, 0.1) is 5.92 Å². The Balaban J connectivity index is 1.91. The number of nitrogens with one attached hydrogen (secondary N) is 2. The number of aromatic amines is 1. The number of nitrogens with zero attached hydrogens (tertiary/aromatic N) is 2. The summed E-state index contributed by atoms with van der Waals surface area (Å²) in [6, 6.07) is -0.106. The second-order valence-electron chi connectivity index (χ2n) is 5.23. The molecule has 1 aromatic rings. The Hall–Kier alpha value is -1.92. The zero-order chi connectivity index (χ0) is 14.5. The maximum absolute atomic E-state index is 12.0. The van der Waals surface area contributed by atoms with E-state index in [-0.39, 0.29) is 23.7 Å². The Labute approximate surface area is 117 Å². The number of carbonyl (C=O) groups is 2. The fourth-order valence-electron chi connectivity index (χ4n) is 2.54. The van der Waals surface area contributed by atoms with Gasteiger partial charge >= 0.3 is 5.97 Å². The second-order valence-corrected chi connectivity index (χ2v) is 5.23. The maximum Gasteiger partial charge on any atom is 0.306 e. The molecule has 0 spiro atoms. The van der Waals surface area contributed by atoms with Crippen LogP contribution in [0.4, 0.5) is 0 Å². The minimum Gasteiger partial charge on any atom is -0.481 e. The average molecular weight is 280 g/mol. The van der Waals surface area contributed by atoms with Crippen molar-refractivity contribution in [1.82, 2.24) is 20.5 Å². The van der Waals surface area contributed by atoms with Gasteiger partial charge in [-0.3, -0.25) is 14.7 Å². The fourth-order valence-corrected chi connectivity index (χ4v) is 2.54. The van der Waals surface area contributed by atoms with E-state index in [0.717, 1.165) is 25.7 Å². The fraction of sp³-hybridized carbons (Fsp3) is 0.692. The lowest BCUT2D eigenvalue weighted by Gasteiger charge is -2.26. The molecule has 3 N–H and O–H groups in total. The zero-order valence-corrected chi connectivity index (χ0v) is 11.6. The number of aromatic nitrogens is 3. The molecule has 1 aliphatic carbocycles. The van der Waals surface area contributed by atoms with Crippen LogP contribution in [0.5, 0.6) is 0 Å². The zero-order valence-electron chi connectivity index (χ0n) is 11.6. The molecule has 2 atom stereocenters. The first-order valence-electron chi connectivity index (χ1n) is 7.05. The first-order valence-corrected chi connectivity index (χ1v) is 7.05. The van der Waals surface area contributed by atoms with Gasteiger partial charge in [0.05, 0.1) is 5.92 Å². The van der Waals surface area contributed by atoms with Gasteiger partial charge in [-0.15, -0.1) is 5.10 Å². The van der Waals surface area contributed by atoms with E-state index in [0.29, 0.717) is 18.7 Å². The van der Waals surface area contributed by atoms with Gasteiger partial charge in [0.15, 0.2) is 0 Å². The highest BCUT2D eigenvalue weighted by atomic mass is 16.4. The van der Waals surface area contributed by atoms with Gasteiger partial charge in [0.1, 0.15) is 5.82 Å². The largest absolute Gasteiger partial charge is 0.481 e. The van der Waals surface area contributed by atoms with Crippen LogP contribution in [0.25, 0.3) is 0 Å². The highest BCUT2D eigenvalue weighted by Gasteiger charge is 2.28. The van der Waals surface area contributed by atoms with Crippen molar-refractivity contribution < 1.29 is 14.7 Å². The first kappa shape index (κ1) is 14.5. The summed E-state index contributed by atoms with van der Waals surface area (Å²) >= 11 is 0. The van der Waals surface area contributed by atoms with Gasteiger partial charge in [0.2, 0.25) is 5.82 Å². The van der Waals surface area contributed by atoms with E-state index in [1.165, 1.54) is 0 Å². The van der Waals surface area contributed by atoms with Gasteiger partial charge < -0.3 is 10.4 Å². The molecule has 2 unspecified atom stereocenters. The Morgan fingerprint density at radius 3 is 2.95 bits per heavy atom. The predicted octanol–water partition coefficient (Wildman–Crippen LogP) is 1.13. The average Bonchev–Trinajstić information content (AvgIpc) is 2.88. The topological polar surface area (TPSA) is 108 Å². The quantitative estimate of drug-likeness (QED) is 0.749. The van der Waals surface area contributed by atoms with Gasteiger partial charge in [0.25, 0.3) is 5.91 Å². The minimum absolute atomic E-state index is 0.106. The van der Waals surface area contributed by atoms with Gasteiger partial charge in [0, 0.05) is 12.5 Å². The lowest BCUT2D eigenvalue weighted by atomic mass is 9.86. The Morgan fingerprint density at radius 2 is 2.25 bits per heavy atom. The molecule has 0 aromatic carbocycles. The number of carboxylic acid groups (broad SMARTS) is 1. The number of aryl methyl sites for hydroxylation is 1. The van der Waals surface area contributed by atoms with E-state index in [1.54, 1.807) is 0 Å². The van der Waals surface area contributed by atoms with Crippen LogP contribution in [-0.4, -0.2) is 38.2 Å². The summed E-state index contributed by atoms with van der Waals surface area (Å²) in [5.74, 6) is -0.654. The normalized spacial score (nSPS) is 22.4. The van der Waals surface area contributed by atoms with Gasteiger partial charge in [-0.2, -0.15) is 0 Å². The molecule has 0 aliphatic heterocycles. The van der Waals surface area contributed by atoms with Gasteiger partial charge in [-0.1, -0.05) is 13.3 Å². The van der Waals surface area contributed by atoms with Crippen LogP contribution >= 0.6 is 0 Å². The highest BCUT2D eigenvalue weighted by molar-refractivity contribution is 5.90. The van der Waals surface area contributed by atoms with Crippen molar-refractivity contribution in [1.29, 1.82) is 0 Å². The highest BCUT2D eigenvalue weighted by Crippen LogP contribution is 2.24. The molecule has 2 rings (SSSR count). The van der Waals surface area contributed by atoms with Crippen molar-refractivity contribution in [3.63, 3.8) is 0 Å². The number of hydrogen-bond acceptors (Lipinski definition) is 4. The van der Waals surface area contributed by atoms with E-state index < -0.39 is 5.97 Å². The molecule has 1 heterocycles. The Kier molecular flexibility index (Phi) is 4.70. The molecule has 1 fully saturated rings. The van der Waals surface area contributed by atoms with Crippen LogP contribution in [-0.2, 0) is 11.2 Å². The third kappa shape index (κ3) is 3.55. The molecular weight excluding hydrogens is 260 g/mol. The van der Waals surface area contributed by atoms with Crippen LogP contribution < -0.4 is 5.32 Å². The molecular formula is C13H20N4O3. The molecule has 1 saturated carbocycles. The van der Waals surface area contributed by atoms with E-state index >= 15 is 0 Å². The number of amides is 1. The molecule has 20 heavy (non-hydrogen) atoms. The summed E-state index contributed by atoms with van der Waals surface area (Å²) in [5, 5.41) is 18.5. The third-order valence-electron chi connectivity index (χ3n) is 3.58. The second kappa shape index (κ2) is 6.49. The van der Waals surface area contributed by atoms with Crippen LogP contribution in [0.3, 0.4) is 0 Å². The van der Waals surface area contributed by atoms with Crippen LogP contribution in [0.2, 0.25) is 0 Å². The molecule has 7 nitrogen and oxygen atoms in total. The van der Waals surface area contributed by atoms with Crippen molar-refractivity contribution in [2.45, 2.75) is 51.5 Å². The van der Waals surface area contributed by atoms with E-state index in [9.17, 15) is 9.59 Å². The maximum atomic E-state index is 12.0. The van der Waals surface area contributed by atoms with Crippen molar-refractivity contribution in [2.75, 3.05) is 0 Å². The summed E-state index contributed by atoms with van der Waals surface area (Å²) in [7, 11) is 0. The monoisotopic (exact) mass is 280 g/mol. The Bertz CT molecular complexity index is 486. The molecule has 0 bridgehead atoms. The number of H-pyrrole nitrogens is 1. The standard InChI is InChI=1S/C13H20N4O3/c1-2-4-10-15-11(17-16-10)12(18)14-9-6-3-5-8(7-9)13(19)20/h8-9H,2-7H2,1H3,(H,14,18)(H,19,20)(H,15,16,17). The van der Waals surface area contributed by atoms with Crippen molar-refractivity contribution in [3.8, 4) is 0 Å². The predicted molar refractivity (Wildman–Crippen MR) is 71.2 cm³/mol. The summed E-state index contributed by atoms with van der Waals surface area (Å²) in [6.45, 7) is 2.02. The Morgan fingerprint density at radius 1 is 1.45 bits per heavy atom. The molecule has 1 aromatic heterocycles. The van der Waals surface area contributed by atoms with Crippen LogP contribution in [0.1, 0.15) is 55.5 Å². The molecule has 7 heteroatoms. The van der Waals surface area contributed by atoms with Crippen LogP contribution in [0.15, 0.2) is 0 Å². The number of carbonyl (C=O) groups excluding carboxylic acids is 1. The summed E-state index contributed by atoms with van der Waals surface area (Å²) in [5.41, 5.74) is 0. The summed E-state index contributed by atoms with van der Waals surface area (Å²) < 4.78 is 0. The van der Waals surface area contributed by atoms with Crippen molar-refractivity contribution >= 4 is 11.9 Å². The van der Waals surface area contributed by atoms with E-state index in [2.05, 4.69) is 20.5 Å². The van der Waals surface area contributed by atoms with Gasteiger partial charge in [-0.05, 0) is 25.7 Å². The minimum atomic E-state index is -0.785. The number of hydrogen-bond donors (Lipinski definition) is 3. The SMILES string of the molecule is CCCc1nc(C(=O)NC2CCCC(C(=O)O)C2)n[nH]1. The molecule has 0 radical (unpaired) electrons. The lowest BCUT2D eigenvalue weighted by Crippen LogP contribution is -2.40. The number of rotatable bonds is 5. The third-order valence-corrected chi connectivity index (χ3v) is 3.58. The van der Waals surface area contributed by atoms with Crippen molar-refractivity contribution in [2.24, 2.45) is 5.92 Å². The van der Waals surface area contributed by atoms with Crippen molar-refractivity contribution in [3.05, 3.63) is 11.6 Å². The summed E-state index contributed by atoms with van der Waals surface area (Å²) in [6.07, 6.45) is 4.47. The number of carboxylic acids is 1. The number of aliphatic carboxylic acids is 1. The molecule has 0 saturated heterocycles. The smallest absolute Gasteiger partial charge is 0.306 e. The molecule has 1 aliphatic rings. The molecule has 110 valence electrons.